The summed E-state index contributed by atoms with van der Waals surface area (Å²) in [5, 5.41) is 3.31. The topological polar surface area (TPSA) is 34.4 Å². The third kappa shape index (κ3) is 5.17. The molecule has 0 fully saturated rings. The zero-order chi connectivity index (χ0) is 15.2. The van der Waals surface area contributed by atoms with Crippen molar-refractivity contribution >= 4 is 15.9 Å². The molecule has 0 aliphatic carbocycles. The van der Waals surface area contributed by atoms with E-state index in [1.807, 2.05) is 12.1 Å². The minimum Gasteiger partial charge on any atom is -0.486 e. The van der Waals surface area contributed by atoms with Crippen LogP contribution in [0.2, 0.25) is 0 Å². The molecule has 1 N–H and O–H groups in total. The van der Waals surface area contributed by atoms with Crippen molar-refractivity contribution in [3.8, 4) is 5.75 Å². The molecule has 114 valence electrons. The lowest BCUT2D eigenvalue weighted by Crippen LogP contribution is -2.18. The number of halogens is 2. The number of rotatable bonds is 7. The summed E-state index contributed by atoms with van der Waals surface area (Å²) >= 11 is 3.11. The van der Waals surface area contributed by atoms with Crippen LogP contribution in [0, 0.1) is 11.7 Å². The molecular formula is C16H19BrFNO2. The van der Waals surface area contributed by atoms with Gasteiger partial charge in [0.2, 0.25) is 0 Å². The van der Waals surface area contributed by atoms with Crippen molar-refractivity contribution < 1.29 is 13.5 Å². The zero-order valence-electron chi connectivity index (χ0n) is 12.2. The maximum atomic E-state index is 13.4. The molecule has 0 unspecified atom stereocenters. The van der Waals surface area contributed by atoms with Crippen molar-refractivity contribution in [2.75, 3.05) is 6.54 Å². The molecule has 0 aliphatic heterocycles. The summed E-state index contributed by atoms with van der Waals surface area (Å²) in [7, 11) is 0. The maximum absolute atomic E-state index is 13.4. The summed E-state index contributed by atoms with van der Waals surface area (Å²) in [4.78, 5) is 0. The summed E-state index contributed by atoms with van der Waals surface area (Å²) in [5.74, 6) is 2.34. The molecule has 1 aromatic heterocycles. The monoisotopic (exact) mass is 355 g/mol. The third-order valence-electron chi connectivity index (χ3n) is 2.84. The second-order valence-corrected chi connectivity index (χ2v) is 6.11. The van der Waals surface area contributed by atoms with Crippen molar-refractivity contribution in [1.82, 2.24) is 5.32 Å². The summed E-state index contributed by atoms with van der Waals surface area (Å²) < 4.78 is 24.9. The molecule has 0 saturated heterocycles. The molecule has 0 bridgehead atoms. The van der Waals surface area contributed by atoms with Gasteiger partial charge in [0.15, 0.2) is 0 Å². The summed E-state index contributed by atoms with van der Waals surface area (Å²) in [6.45, 7) is 6.25. The molecule has 0 saturated carbocycles. The highest BCUT2D eigenvalue weighted by atomic mass is 79.9. The van der Waals surface area contributed by atoms with Gasteiger partial charge in [-0.1, -0.05) is 13.8 Å². The van der Waals surface area contributed by atoms with E-state index >= 15 is 0 Å². The Morgan fingerprint density at radius 3 is 2.71 bits per heavy atom. The first-order chi connectivity index (χ1) is 10.0. The van der Waals surface area contributed by atoms with Gasteiger partial charge in [0.25, 0.3) is 0 Å². The normalized spacial score (nSPS) is 11.1. The maximum Gasteiger partial charge on any atom is 0.146 e. The van der Waals surface area contributed by atoms with Gasteiger partial charge < -0.3 is 14.5 Å². The van der Waals surface area contributed by atoms with Crippen molar-refractivity contribution in [2.45, 2.75) is 27.0 Å². The molecule has 1 heterocycles. The highest BCUT2D eigenvalue weighted by Crippen LogP contribution is 2.22. The van der Waals surface area contributed by atoms with Crippen LogP contribution in [-0.4, -0.2) is 6.54 Å². The van der Waals surface area contributed by atoms with E-state index in [-0.39, 0.29) is 12.4 Å². The quantitative estimate of drug-likeness (QED) is 0.793. The largest absolute Gasteiger partial charge is 0.486 e. The minimum atomic E-state index is -0.342. The van der Waals surface area contributed by atoms with Crippen LogP contribution in [-0.2, 0) is 13.2 Å². The standard InChI is InChI=1S/C16H19BrFNO2/c1-11(2)8-19-9-13-3-4-14(21-13)10-20-12-5-6-15(17)16(18)7-12/h3-7,11,19H,8-10H2,1-2H3. The molecule has 5 heteroatoms. The van der Waals surface area contributed by atoms with E-state index in [4.69, 9.17) is 9.15 Å². The smallest absolute Gasteiger partial charge is 0.146 e. The number of ether oxygens (including phenoxy) is 1. The highest BCUT2D eigenvalue weighted by Gasteiger charge is 2.05. The lowest BCUT2D eigenvalue weighted by atomic mass is 10.2. The molecule has 0 spiro atoms. The first-order valence-corrected chi connectivity index (χ1v) is 7.70. The molecule has 3 nitrogen and oxygen atoms in total. The Hall–Kier alpha value is -1.33. The highest BCUT2D eigenvalue weighted by molar-refractivity contribution is 9.10. The van der Waals surface area contributed by atoms with E-state index in [2.05, 4.69) is 35.1 Å². The summed E-state index contributed by atoms with van der Waals surface area (Å²) in [6.07, 6.45) is 0. The number of furan rings is 1. The van der Waals surface area contributed by atoms with Crippen LogP contribution >= 0.6 is 15.9 Å². The van der Waals surface area contributed by atoms with Crippen LogP contribution in [0.25, 0.3) is 0 Å². The second kappa shape index (κ2) is 7.61. The number of hydrogen-bond acceptors (Lipinski definition) is 3. The van der Waals surface area contributed by atoms with E-state index in [1.54, 1.807) is 12.1 Å². The lowest BCUT2D eigenvalue weighted by Gasteiger charge is -2.06. The predicted octanol–water partition coefficient (Wildman–Crippen LogP) is 4.51. The summed E-state index contributed by atoms with van der Waals surface area (Å²) in [6, 6.07) is 8.48. The lowest BCUT2D eigenvalue weighted by molar-refractivity contribution is 0.263. The molecular weight excluding hydrogens is 337 g/mol. The fraction of sp³-hybridized carbons (Fsp3) is 0.375. The third-order valence-corrected chi connectivity index (χ3v) is 3.48. The van der Waals surface area contributed by atoms with Gasteiger partial charge in [-0.05, 0) is 52.7 Å². The van der Waals surface area contributed by atoms with Gasteiger partial charge in [-0.2, -0.15) is 0 Å². The Kier molecular flexibility index (Phi) is 5.82. The predicted molar refractivity (Wildman–Crippen MR) is 83.7 cm³/mol. The molecule has 2 aromatic rings. The van der Waals surface area contributed by atoms with E-state index in [0.717, 1.165) is 18.1 Å². The second-order valence-electron chi connectivity index (χ2n) is 5.26. The van der Waals surface area contributed by atoms with Crippen molar-refractivity contribution in [3.63, 3.8) is 0 Å². The van der Waals surface area contributed by atoms with Gasteiger partial charge in [0.1, 0.15) is 29.7 Å². The Morgan fingerprint density at radius 1 is 1.24 bits per heavy atom. The molecule has 21 heavy (non-hydrogen) atoms. The van der Waals surface area contributed by atoms with Gasteiger partial charge in [0.05, 0.1) is 11.0 Å². The van der Waals surface area contributed by atoms with E-state index in [9.17, 15) is 4.39 Å². The fourth-order valence-electron chi connectivity index (χ4n) is 1.80. The van der Waals surface area contributed by atoms with Crippen molar-refractivity contribution in [2.24, 2.45) is 5.92 Å². The van der Waals surface area contributed by atoms with Crippen LogP contribution in [0.15, 0.2) is 39.2 Å². The van der Waals surface area contributed by atoms with E-state index in [0.29, 0.717) is 22.7 Å². The van der Waals surface area contributed by atoms with Gasteiger partial charge >= 0.3 is 0 Å². The van der Waals surface area contributed by atoms with Crippen LogP contribution < -0.4 is 10.1 Å². The average molecular weight is 356 g/mol. The minimum absolute atomic E-state index is 0.283. The molecule has 0 radical (unpaired) electrons. The number of nitrogens with one attached hydrogen (secondary N) is 1. The SMILES string of the molecule is CC(C)CNCc1ccc(COc2ccc(Br)c(F)c2)o1. The van der Waals surface area contributed by atoms with Crippen molar-refractivity contribution in [3.05, 3.63) is 52.1 Å². The average Bonchev–Trinajstić information content (AvgIpc) is 2.88. The van der Waals surface area contributed by atoms with E-state index in [1.165, 1.54) is 6.07 Å². The Balaban J connectivity index is 1.83. The molecule has 2 rings (SSSR count). The van der Waals surface area contributed by atoms with Crippen LogP contribution in [0.4, 0.5) is 4.39 Å². The molecule has 0 atom stereocenters. The van der Waals surface area contributed by atoms with Gasteiger partial charge in [-0.15, -0.1) is 0 Å². The Morgan fingerprint density at radius 2 is 2.00 bits per heavy atom. The van der Waals surface area contributed by atoms with Crippen molar-refractivity contribution in [1.29, 1.82) is 0 Å². The number of hydrogen-bond donors (Lipinski definition) is 1. The first kappa shape index (κ1) is 16.0. The van der Waals surface area contributed by atoms with Crippen LogP contribution in [0.3, 0.4) is 0 Å². The van der Waals surface area contributed by atoms with Crippen LogP contribution in [0.5, 0.6) is 5.75 Å². The summed E-state index contributed by atoms with van der Waals surface area (Å²) in [5.41, 5.74) is 0. The first-order valence-electron chi connectivity index (χ1n) is 6.90. The molecule has 0 aliphatic rings. The van der Waals surface area contributed by atoms with Crippen LogP contribution in [0.1, 0.15) is 25.4 Å². The van der Waals surface area contributed by atoms with E-state index < -0.39 is 0 Å². The zero-order valence-corrected chi connectivity index (χ0v) is 13.7. The number of benzene rings is 1. The molecule has 0 amide bonds. The van der Waals surface area contributed by atoms with Gasteiger partial charge in [-0.25, -0.2) is 4.39 Å². The van der Waals surface area contributed by atoms with Gasteiger partial charge in [0, 0.05) is 6.07 Å². The fourth-order valence-corrected chi connectivity index (χ4v) is 2.05. The molecule has 1 aromatic carbocycles. The van der Waals surface area contributed by atoms with Gasteiger partial charge in [-0.3, -0.25) is 0 Å². The Bertz CT molecular complexity index is 583. The Labute approximate surface area is 132 Å².